The Balaban J connectivity index is 2.84. The Morgan fingerprint density at radius 2 is 2.07 bits per heavy atom. The lowest BCUT2D eigenvalue weighted by Crippen LogP contribution is -2.21. The molecule has 1 rings (SSSR count). The van der Waals surface area contributed by atoms with Gasteiger partial charge >= 0.3 is 0 Å². The van der Waals surface area contributed by atoms with Gasteiger partial charge in [-0.25, -0.2) is 0 Å². The van der Waals surface area contributed by atoms with Gasteiger partial charge in [0.2, 0.25) is 5.96 Å². The Labute approximate surface area is 87.5 Å². The van der Waals surface area contributed by atoms with Crippen LogP contribution in [-0.4, -0.2) is 18.8 Å². The van der Waals surface area contributed by atoms with Crippen molar-refractivity contribution in [3.8, 4) is 0 Å². The standard InChI is InChI=1S/C10H13FN4/c11-6-5-8-3-1-2-4-9(8)7-14-15-10(12)13/h1-4,7H,5-6H2,(H4,12,13,15). The second kappa shape index (κ2) is 5.74. The van der Waals surface area contributed by atoms with Crippen molar-refractivity contribution in [2.75, 3.05) is 6.67 Å². The van der Waals surface area contributed by atoms with E-state index in [0.717, 1.165) is 11.1 Å². The number of alkyl halides is 1. The summed E-state index contributed by atoms with van der Waals surface area (Å²) in [4.78, 5) is 0. The van der Waals surface area contributed by atoms with Gasteiger partial charge in [0.1, 0.15) is 0 Å². The van der Waals surface area contributed by atoms with Gasteiger partial charge in [-0.05, 0) is 11.1 Å². The molecule has 0 fully saturated rings. The minimum atomic E-state index is -0.396. The molecule has 0 radical (unpaired) electrons. The second-order valence-electron chi connectivity index (χ2n) is 2.91. The normalized spacial score (nSPS) is 10.5. The Kier molecular flexibility index (Phi) is 4.28. The van der Waals surface area contributed by atoms with E-state index >= 15 is 0 Å². The number of hydrogen-bond donors (Lipinski definition) is 2. The molecule has 0 unspecified atom stereocenters. The number of nitrogens with zero attached hydrogens (tertiary/aromatic N) is 2. The molecule has 80 valence electrons. The van der Waals surface area contributed by atoms with Crippen LogP contribution in [0.4, 0.5) is 4.39 Å². The molecule has 0 aliphatic rings. The average Bonchev–Trinajstić information content (AvgIpc) is 2.20. The van der Waals surface area contributed by atoms with Gasteiger partial charge in [-0.3, -0.25) is 4.39 Å². The van der Waals surface area contributed by atoms with E-state index in [9.17, 15) is 4.39 Å². The molecule has 1 aromatic rings. The van der Waals surface area contributed by atoms with Crippen LogP contribution < -0.4 is 11.5 Å². The van der Waals surface area contributed by atoms with Gasteiger partial charge in [0.25, 0.3) is 0 Å². The maximum absolute atomic E-state index is 12.2. The molecule has 4 N–H and O–H groups in total. The Morgan fingerprint density at radius 1 is 1.33 bits per heavy atom. The minimum absolute atomic E-state index is 0.103. The van der Waals surface area contributed by atoms with Crippen LogP contribution in [0.3, 0.4) is 0 Å². The smallest absolute Gasteiger partial charge is 0.211 e. The van der Waals surface area contributed by atoms with Crippen LogP contribution >= 0.6 is 0 Å². The summed E-state index contributed by atoms with van der Waals surface area (Å²) in [6, 6.07) is 7.37. The average molecular weight is 208 g/mol. The molecule has 0 bridgehead atoms. The zero-order valence-corrected chi connectivity index (χ0v) is 8.23. The maximum Gasteiger partial charge on any atom is 0.211 e. The summed E-state index contributed by atoms with van der Waals surface area (Å²) in [7, 11) is 0. The van der Waals surface area contributed by atoms with Crippen LogP contribution in [0.15, 0.2) is 34.5 Å². The van der Waals surface area contributed by atoms with E-state index in [0.29, 0.717) is 6.42 Å². The molecular formula is C10H13FN4. The molecule has 0 amide bonds. The number of benzene rings is 1. The van der Waals surface area contributed by atoms with Crippen molar-refractivity contribution in [1.82, 2.24) is 0 Å². The van der Waals surface area contributed by atoms with Crippen LogP contribution in [0, 0.1) is 0 Å². The van der Waals surface area contributed by atoms with Crippen molar-refractivity contribution in [2.24, 2.45) is 21.7 Å². The fourth-order valence-corrected chi connectivity index (χ4v) is 1.15. The van der Waals surface area contributed by atoms with Crippen molar-refractivity contribution in [2.45, 2.75) is 6.42 Å². The third-order valence-corrected chi connectivity index (χ3v) is 1.79. The van der Waals surface area contributed by atoms with Gasteiger partial charge in [-0.1, -0.05) is 24.3 Å². The van der Waals surface area contributed by atoms with E-state index in [1.807, 2.05) is 24.3 Å². The highest BCUT2D eigenvalue weighted by Gasteiger charge is 1.97. The Bertz CT molecular complexity index is 369. The molecule has 1 aromatic carbocycles. The number of guanidine groups is 1. The molecule has 15 heavy (non-hydrogen) atoms. The molecule has 0 spiro atoms. The van der Waals surface area contributed by atoms with Gasteiger partial charge in [-0.15, -0.1) is 5.10 Å². The van der Waals surface area contributed by atoms with E-state index in [1.165, 1.54) is 6.21 Å². The van der Waals surface area contributed by atoms with Crippen LogP contribution in [0.25, 0.3) is 0 Å². The van der Waals surface area contributed by atoms with Crippen LogP contribution in [0.5, 0.6) is 0 Å². The summed E-state index contributed by atoms with van der Waals surface area (Å²) < 4.78 is 12.2. The highest BCUT2D eigenvalue weighted by molar-refractivity contribution is 5.83. The van der Waals surface area contributed by atoms with E-state index in [4.69, 9.17) is 11.5 Å². The molecule has 5 heteroatoms. The fraction of sp³-hybridized carbons (Fsp3) is 0.200. The summed E-state index contributed by atoms with van der Waals surface area (Å²) in [5.74, 6) is -0.103. The first-order valence-electron chi connectivity index (χ1n) is 4.50. The Morgan fingerprint density at radius 3 is 2.73 bits per heavy atom. The molecule has 0 aliphatic heterocycles. The number of rotatable bonds is 4. The number of hydrogen-bond acceptors (Lipinski definition) is 2. The van der Waals surface area contributed by atoms with Crippen molar-refractivity contribution in [3.63, 3.8) is 0 Å². The topological polar surface area (TPSA) is 76.8 Å². The fourth-order valence-electron chi connectivity index (χ4n) is 1.15. The lowest BCUT2D eigenvalue weighted by atomic mass is 10.1. The Hall–Kier alpha value is -1.91. The first kappa shape index (κ1) is 11.2. The van der Waals surface area contributed by atoms with Crippen molar-refractivity contribution in [1.29, 1.82) is 0 Å². The lowest BCUT2D eigenvalue weighted by molar-refractivity contribution is 0.495. The van der Waals surface area contributed by atoms with Gasteiger partial charge in [0, 0.05) is 6.42 Å². The summed E-state index contributed by atoms with van der Waals surface area (Å²) in [5.41, 5.74) is 11.9. The molecule has 0 aliphatic carbocycles. The number of nitrogens with two attached hydrogens (primary N) is 2. The zero-order valence-electron chi connectivity index (χ0n) is 8.23. The first-order valence-corrected chi connectivity index (χ1v) is 4.50. The van der Waals surface area contributed by atoms with Gasteiger partial charge < -0.3 is 11.5 Å². The lowest BCUT2D eigenvalue weighted by Gasteiger charge is -2.01. The van der Waals surface area contributed by atoms with Gasteiger partial charge in [-0.2, -0.15) is 5.10 Å². The van der Waals surface area contributed by atoms with E-state index in [2.05, 4.69) is 10.2 Å². The molecule has 0 saturated carbocycles. The van der Waals surface area contributed by atoms with E-state index in [1.54, 1.807) is 0 Å². The molecule has 4 nitrogen and oxygen atoms in total. The number of halogens is 1. The molecule has 0 saturated heterocycles. The predicted molar refractivity (Wildman–Crippen MR) is 59.5 cm³/mol. The third-order valence-electron chi connectivity index (χ3n) is 1.79. The van der Waals surface area contributed by atoms with Crippen LogP contribution in [0.1, 0.15) is 11.1 Å². The van der Waals surface area contributed by atoms with Gasteiger partial charge in [0.15, 0.2) is 0 Å². The maximum atomic E-state index is 12.2. The third kappa shape index (κ3) is 3.76. The minimum Gasteiger partial charge on any atom is -0.369 e. The summed E-state index contributed by atoms with van der Waals surface area (Å²) in [6.45, 7) is -0.396. The molecule has 0 aromatic heterocycles. The SMILES string of the molecule is NC(N)=NN=Cc1ccccc1CCF. The summed E-state index contributed by atoms with van der Waals surface area (Å²) in [6.07, 6.45) is 1.87. The van der Waals surface area contributed by atoms with Crippen molar-refractivity contribution in [3.05, 3.63) is 35.4 Å². The zero-order chi connectivity index (χ0) is 11.1. The molecule has 0 atom stereocenters. The highest BCUT2D eigenvalue weighted by Crippen LogP contribution is 2.07. The van der Waals surface area contributed by atoms with Crippen molar-refractivity contribution >= 4 is 12.2 Å². The quantitative estimate of drug-likeness (QED) is 0.436. The van der Waals surface area contributed by atoms with Crippen LogP contribution in [-0.2, 0) is 6.42 Å². The highest BCUT2D eigenvalue weighted by atomic mass is 19.1. The number of aryl methyl sites for hydroxylation is 1. The van der Waals surface area contributed by atoms with Crippen LogP contribution in [0.2, 0.25) is 0 Å². The second-order valence-corrected chi connectivity index (χ2v) is 2.91. The van der Waals surface area contributed by atoms with E-state index < -0.39 is 6.67 Å². The predicted octanol–water partition coefficient (Wildman–Crippen LogP) is 0.806. The van der Waals surface area contributed by atoms with Crippen molar-refractivity contribution < 1.29 is 4.39 Å². The molecular weight excluding hydrogens is 195 g/mol. The summed E-state index contributed by atoms with van der Waals surface area (Å²) in [5, 5.41) is 7.14. The van der Waals surface area contributed by atoms with E-state index in [-0.39, 0.29) is 5.96 Å². The summed E-state index contributed by atoms with van der Waals surface area (Å²) >= 11 is 0. The molecule has 0 heterocycles. The largest absolute Gasteiger partial charge is 0.369 e. The van der Waals surface area contributed by atoms with Gasteiger partial charge in [0.05, 0.1) is 12.9 Å². The first-order chi connectivity index (χ1) is 7.24. The monoisotopic (exact) mass is 208 g/mol.